The Labute approximate surface area is 122 Å². The monoisotopic (exact) mass is 360 g/mol. The highest BCUT2D eigenvalue weighted by Crippen LogP contribution is 2.65. The molecule has 1 nitrogen and oxygen atoms in total. The van der Waals surface area contributed by atoms with Crippen LogP contribution in [0.15, 0.2) is 24.3 Å². The molecule has 0 aromatic heterocycles. The summed E-state index contributed by atoms with van der Waals surface area (Å²) in [4.78, 5) is 0. The van der Waals surface area contributed by atoms with Gasteiger partial charge in [0.1, 0.15) is 6.10 Å². The van der Waals surface area contributed by atoms with Gasteiger partial charge in [-0.25, -0.2) is 0 Å². The van der Waals surface area contributed by atoms with Crippen molar-refractivity contribution in [2.45, 2.75) is 24.6 Å². The van der Waals surface area contributed by atoms with E-state index in [1.807, 2.05) is 0 Å². The van der Waals surface area contributed by atoms with Gasteiger partial charge in [0.25, 0.3) is 5.41 Å². The Hall–Kier alpha value is -1.16. The Morgan fingerprint density at radius 1 is 0.773 bits per heavy atom. The van der Waals surface area contributed by atoms with E-state index in [0.29, 0.717) is 6.07 Å². The minimum Gasteiger partial charge on any atom is -0.387 e. The van der Waals surface area contributed by atoms with Gasteiger partial charge < -0.3 is 5.11 Å². The molecule has 0 bridgehead atoms. The second-order valence-electron chi connectivity index (χ2n) is 4.23. The van der Waals surface area contributed by atoms with Crippen LogP contribution in [-0.2, 0) is 0 Å². The van der Waals surface area contributed by atoms with Crippen molar-refractivity contribution < 1.29 is 44.6 Å². The average Bonchev–Trinajstić information content (AvgIpc) is 2.23. The maximum absolute atomic E-state index is 12.8. The molecule has 0 saturated carbocycles. The lowest BCUT2D eigenvalue weighted by Gasteiger charge is -2.41. The maximum atomic E-state index is 12.8. The first-order chi connectivity index (χ1) is 9.68. The first kappa shape index (κ1) is 18.9. The van der Waals surface area contributed by atoms with E-state index in [2.05, 4.69) is 0 Å². The Kier molecular flexibility index (Phi) is 4.71. The number of rotatable bonds is 2. The number of hydrogen-bond donors (Lipinski definition) is 1. The fourth-order valence-electron chi connectivity index (χ4n) is 1.88. The summed E-state index contributed by atoms with van der Waals surface area (Å²) < 4.78 is 115. The fourth-order valence-corrected chi connectivity index (χ4v) is 2.12. The second kappa shape index (κ2) is 5.48. The molecular formula is C11H6ClF9O. The topological polar surface area (TPSA) is 20.2 Å². The molecule has 0 aliphatic carbocycles. The Morgan fingerprint density at radius 3 is 1.45 bits per heavy atom. The maximum Gasteiger partial charge on any atom is 0.415 e. The first-order valence-electron chi connectivity index (χ1n) is 5.30. The van der Waals surface area contributed by atoms with E-state index in [4.69, 9.17) is 11.6 Å². The minimum atomic E-state index is -6.86. The predicted octanol–water partition coefficient (Wildman–Crippen LogP) is 5.05. The number of hydrogen-bond acceptors (Lipinski definition) is 1. The smallest absolute Gasteiger partial charge is 0.387 e. The third-order valence-electron chi connectivity index (χ3n) is 2.95. The third-order valence-corrected chi connectivity index (χ3v) is 3.30. The van der Waals surface area contributed by atoms with Crippen molar-refractivity contribution in [3.63, 3.8) is 0 Å². The molecule has 0 aliphatic rings. The Balaban J connectivity index is 3.75. The van der Waals surface area contributed by atoms with E-state index < -0.39 is 40.6 Å². The summed E-state index contributed by atoms with van der Waals surface area (Å²) in [6.07, 6.45) is -24.6. The van der Waals surface area contributed by atoms with Gasteiger partial charge in [0.05, 0.1) is 0 Å². The zero-order valence-corrected chi connectivity index (χ0v) is 10.9. The van der Waals surface area contributed by atoms with E-state index in [0.717, 1.165) is 18.2 Å². The molecule has 1 aromatic carbocycles. The average molecular weight is 361 g/mol. The van der Waals surface area contributed by atoms with Crippen molar-refractivity contribution in [3.05, 3.63) is 34.9 Å². The minimum absolute atomic E-state index is 0.449. The highest BCUT2D eigenvalue weighted by molar-refractivity contribution is 6.31. The number of benzene rings is 1. The Bertz CT molecular complexity index is 496. The van der Waals surface area contributed by atoms with Gasteiger partial charge in [0, 0.05) is 10.6 Å². The van der Waals surface area contributed by atoms with Crippen LogP contribution in [0.1, 0.15) is 11.7 Å². The van der Waals surface area contributed by atoms with Crippen LogP contribution < -0.4 is 0 Å². The number of aliphatic hydroxyl groups is 1. The van der Waals surface area contributed by atoms with Crippen LogP contribution in [0.3, 0.4) is 0 Å². The molecule has 126 valence electrons. The van der Waals surface area contributed by atoms with E-state index in [9.17, 15) is 44.6 Å². The lowest BCUT2D eigenvalue weighted by Crippen LogP contribution is -2.62. The molecule has 0 aliphatic heterocycles. The van der Waals surface area contributed by atoms with Crippen molar-refractivity contribution in [2.24, 2.45) is 5.41 Å². The molecule has 0 spiro atoms. The van der Waals surface area contributed by atoms with Gasteiger partial charge >= 0.3 is 18.5 Å². The van der Waals surface area contributed by atoms with Crippen LogP contribution >= 0.6 is 11.6 Å². The summed E-state index contributed by atoms with van der Waals surface area (Å²) in [7, 11) is 0. The predicted molar refractivity (Wildman–Crippen MR) is 57.0 cm³/mol. The van der Waals surface area contributed by atoms with Crippen LogP contribution in [0.4, 0.5) is 39.5 Å². The van der Waals surface area contributed by atoms with Crippen molar-refractivity contribution in [1.29, 1.82) is 0 Å². The quantitative estimate of drug-likeness (QED) is 0.732. The van der Waals surface area contributed by atoms with E-state index in [1.165, 1.54) is 0 Å². The van der Waals surface area contributed by atoms with Gasteiger partial charge in [0.2, 0.25) is 0 Å². The SMILES string of the molecule is OC(c1ccccc1Cl)C(C(F)(F)F)(C(F)(F)F)C(F)(F)F. The molecule has 0 fully saturated rings. The molecule has 1 N–H and O–H groups in total. The van der Waals surface area contributed by atoms with Gasteiger partial charge in [-0.15, -0.1) is 0 Å². The standard InChI is InChI=1S/C11H6ClF9O/c12-6-4-2-1-3-5(6)7(22)8(9(13,14)15,10(16,17)18)11(19,20)21/h1-4,7,22H. The van der Waals surface area contributed by atoms with E-state index >= 15 is 0 Å². The third kappa shape index (κ3) is 2.73. The van der Waals surface area contributed by atoms with E-state index in [-0.39, 0.29) is 0 Å². The summed E-state index contributed by atoms with van der Waals surface area (Å²) in [6, 6.07) is 3.12. The first-order valence-corrected chi connectivity index (χ1v) is 5.68. The summed E-state index contributed by atoms with van der Waals surface area (Å²) in [5, 5.41) is 8.51. The molecule has 0 heterocycles. The molecule has 1 rings (SSSR count). The zero-order valence-electron chi connectivity index (χ0n) is 10.1. The molecule has 1 atom stereocenters. The molecule has 0 saturated heterocycles. The molecule has 1 unspecified atom stereocenters. The van der Waals surface area contributed by atoms with Crippen LogP contribution in [0.2, 0.25) is 5.02 Å². The van der Waals surface area contributed by atoms with Crippen molar-refractivity contribution in [2.75, 3.05) is 0 Å². The van der Waals surface area contributed by atoms with Crippen LogP contribution in [0, 0.1) is 5.41 Å². The molecule has 0 amide bonds. The summed E-state index contributed by atoms with van der Waals surface area (Å²) in [6.45, 7) is 0. The van der Waals surface area contributed by atoms with Crippen LogP contribution in [0.25, 0.3) is 0 Å². The number of halogens is 10. The highest BCUT2D eigenvalue weighted by atomic mass is 35.5. The second-order valence-corrected chi connectivity index (χ2v) is 4.63. The normalized spacial score (nSPS) is 15.8. The lowest BCUT2D eigenvalue weighted by atomic mass is 9.76. The molecule has 22 heavy (non-hydrogen) atoms. The fraction of sp³-hybridized carbons (Fsp3) is 0.455. The van der Waals surface area contributed by atoms with Crippen molar-refractivity contribution >= 4 is 11.6 Å². The number of alkyl halides is 9. The lowest BCUT2D eigenvalue weighted by molar-refractivity contribution is -0.449. The van der Waals surface area contributed by atoms with Gasteiger partial charge in [0.15, 0.2) is 0 Å². The van der Waals surface area contributed by atoms with Gasteiger partial charge in [-0.3, -0.25) is 0 Å². The summed E-state index contributed by atoms with van der Waals surface area (Å²) in [5.41, 5.74) is -7.70. The van der Waals surface area contributed by atoms with Gasteiger partial charge in [-0.1, -0.05) is 29.8 Å². The molecule has 11 heteroatoms. The van der Waals surface area contributed by atoms with Gasteiger partial charge in [-0.05, 0) is 6.07 Å². The largest absolute Gasteiger partial charge is 0.415 e. The van der Waals surface area contributed by atoms with Crippen molar-refractivity contribution in [1.82, 2.24) is 0 Å². The molecule has 1 aromatic rings. The van der Waals surface area contributed by atoms with Gasteiger partial charge in [-0.2, -0.15) is 39.5 Å². The highest BCUT2D eigenvalue weighted by Gasteiger charge is 2.86. The molecule has 0 radical (unpaired) electrons. The van der Waals surface area contributed by atoms with Crippen molar-refractivity contribution in [3.8, 4) is 0 Å². The summed E-state index contributed by atoms with van der Waals surface area (Å²) >= 11 is 5.31. The summed E-state index contributed by atoms with van der Waals surface area (Å²) in [5.74, 6) is 0. The van der Waals surface area contributed by atoms with E-state index in [1.54, 1.807) is 0 Å². The van der Waals surface area contributed by atoms with Crippen LogP contribution in [-0.4, -0.2) is 23.6 Å². The zero-order chi connectivity index (χ0) is 17.6. The number of aliphatic hydroxyl groups excluding tert-OH is 1. The van der Waals surface area contributed by atoms with Crippen LogP contribution in [0.5, 0.6) is 0 Å². The molecular weight excluding hydrogens is 355 g/mol. The Morgan fingerprint density at radius 2 is 1.14 bits per heavy atom.